The summed E-state index contributed by atoms with van der Waals surface area (Å²) in [5.74, 6) is -2.01. The Bertz CT molecular complexity index is 2180. The Labute approximate surface area is 445 Å². The Morgan fingerprint density at radius 2 is 1.66 bits per heavy atom. The topological polar surface area (TPSA) is 233 Å². The number of aryl methyl sites for hydroxylation is 1. The van der Waals surface area contributed by atoms with Gasteiger partial charge in [-0.15, -0.1) is 5.10 Å². The van der Waals surface area contributed by atoms with Gasteiger partial charge in [-0.25, -0.2) is 0 Å². The minimum atomic E-state index is -1.86. The minimum Gasteiger partial charge on any atom is -0.494 e. The fraction of sp³-hybridized carbons (Fsp3) is 0.736. The van der Waals surface area contributed by atoms with Gasteiger partial charge >= 0.3 is 5.97 Å². The van der Waals surface area contributed by atoms with Gasteiger partial charge in [0.1, 0.15) is 29.7 Å². The van der Waals surface area contributed by atoms with Crippen LogP contribution in [0.15, 0.2) is 55.0 Å². The number of benzene rings is 1. The monoisotopic (exact) mass is 1140 g/mol. The molecule has 3 aliphatic heterocycles. The summed E-state index contributed by atoms with van der Waals surface area (Å²) >= 11 is 1.83. The average molecular weight is 1140 g/mol. The number of aromatic nitrogens is 4. The predicted octanol–water partition coefficient (Wildman–Crippen LogP) is 4.62. The van der Waals surface area contributed by atoms with E-state index in [1.165, 1.54) is 14.0 Å². The Kier molecular flexibility index (Phi) is 20.7. The van der Waals surface area contributed by atoms with Crippen molar-refractivity contribution in [1.82, 2.24) is 29.8 Å². The standard InChI is InChI=1S/C53H83IN6O13/c1-31-26-51(7,65)47(33(3)44(71-42-27-52(8,67-12)46(63)36(6)70-42)34(4)48(64)73-50(54)53(9,66)45(62)35(5)59(11)29-31)72-49-43(61)41(25-32(2)69-49)58(10)23-20-39-30-60(57-56-39)22-14-24-68-40-18-16-37(17-19-40)38-15-13-21-55-28-38/h13,15-19,21,28,30-36,41-47,49-50,61-63,65-66H,14,20,22-27,29H2,1-12H3/t31-,32-,33+,34-,35-,36+,41+,42+,43-,44+,45-,46+,47-,49+,50+,51-,52-,53+/m1/s1. The molecule has 0 bridgehead atoms. The first-order valence-corrected chi connectivity index (χ1v) is 27.0. The number of likely N-dealkylation sites (N-methyl/N-ethyl adjacent to an activating group) is 2. The van der Waals surface area contributed by atoms with Gasteiger partial charge in [-0.3, -0.25) is 14.5 Å². The summed E-state index contributed by atoms with van der Waals surface area (Å²) in [4.78, 5) is 22.5. The van der Waals surface area contributed by atoms with Gasteiger partial charge in [-0.05, 0) is 133 Å². The van der Waals surface area contributed by atoms with Crippen LogP contribution in [0.2, 0.25) is 0 Å². The van der Waals surface area contributed by atoms with Gasteiger partial charge in [0.05, 0.1) is 53.8 Å². The highest BCUT2D eigenvalue weighted by atomic mass is 127. The van der Waals surface area contributed by atoms with Gasteiger partial charge in [0.15, 0.2) is 16.7 Å². The molecule has 3 saturated heterocycles. The zero-order valence-electron chi connectivity index (χ0n) is 44.8. The Morgan fingerprint density at radius 1 is 0.945 bits per heavy atom. The average Bonchev–Trinajstić information content (AvgIpc) is 3.81. The molecule has 73 heavy (non-hydrogen) atoms. The fourth-order valence-electron chi connectivity index (χ4n) is 10.8. The van der Waals surface area contributed by atoms with Crippen molar-refractivity contribution in [2.75, 3.05) is 40.9 Å². The molecule has 0 unspecified atom stereocenters. The second-order valence-electron chi connectivity index (χ2n) is 21.8. The molecule has 6 rings (SSSR count). The second kappa shape index (κ2) is 25.5. The molecule has 3 fully saturated rings. The zero-order valence-corrected chi connectivity index (χ0v) is 46.9. The van der Waals surface area contributed by atoms with Crippen molar-refractivity contribution in [1.29, 1.82) is 0 Å². The molecular weight excluding hydrogens is 1060 g/mol. The van der Waals surface area contributed by atoms with Crippen LogP contribution in [-0.2, 0) is 46.2 Å². The summed E-state index contributed by atoms with van der Waals surface area (Å²) in [5.41, 5.74) is -1.62. The van der Waals surface area contributed by atoms with Gasteiger partial charge in [0.25, 0.3) is 0 Å². The van der Waals surface area contributed by atoms with Gasteiger partial charge in [-0.2, -0.15) is 0 Å². The number of hydrogen-bond acceptors (Lipinski definition) is 18. The smallest absolute Gasteiger partial charge is 0.312 e. The third kappa shape index (κ3) is 14.7. The molecule has 18 atom stereocenters. The molecule has 0 amide bonds. The number of ether oxygens (including phenoxy) is 7. The third-order valence-corrected chi connectivity index (χ3v) is 17.0. The van der Waals surface area contributed by atoms with Crippen LogP contribution < -0.4 is 4.74 Å². The van der Waals surface area contributed by atoms with Crippen molar-refractivity contribution in [3.05, 3.63) is 60.7 Å². The number of aliphatic hydroxyl groups excluding tert-OH is 3. The molecule has 0 spiro atoms. The number of halogens is 1. The van der Waals surface area contributed by atoms with Gasteiger partial charge in [-0.1, -0.05) is 37.3 Å². The number of methoxy groups -OCH3 is 1. The summed E-state index contributed by atoms with van der Waals surface area (Å²) in [6.45, 7) is 17.8. The molecule has 0 radical (unpaired) electrons. The first-order valence-electron chi connectivity index (χ1n) is 25.8. The minimum absolute atomic E-state index is 0.102. The van der Waals surface area contributed by atoms with Crippen molar-refractivity contribution >= 4 is 28.6 Å². The zero-order chi connectivity index (χ0) is 53.6. The van der Waals surface area contributed by atoms with E-state index in [1.807, 2.05) is 116 Å². The SMILES string of the molecule is CO[C@]1(C)C[C@H](O[C@H]2[C@H](C)[C@@H](O[C@@H]3O[C@H](C)C[C@H](N(C)CCc4cn(CCCOc5ccc(-c6cccnc6)cc5)nn4)[C@H]3O)[C@](C)(O)C[C@@H](C)CN(C)[C@H](C)[C@@H](O)[C@](C)(O)[C@@H](I)OC(=O)[C@@H]2C)O[C@@H](C)[C@@H]1O. The first-order chi connectivity index (χ1) is 34.3. The molecule has 1 aromatic carbocycles. The van der Waals surface area contributed by atoms with E-state index in [9.17, 15) is 30.3 Å². The van der Waals surface area contributed by atoms with Crippen LogP contribution >= 0.6 is 22.6 Å². The molecule has 3 aromatic rings. The highest BCUT2D eigenvalue weighted by Gasteiger charge is 2.53. The van der Waals surface area contributed by atoms with Crippen LogP contribution in [0, 0.1) is 17.8 Å². The normalized spacial score (nSPS) is 38.6. The maximum absolute atomic E-state index is 14.3. The molecule has 20 heteroatoms. The predicted molar refractivity (Wildman–Crippen MR) is 280 cm³/mol. The summed E-state index contributed by atoms with van der Waals surface area (Å²) < 4.78 is 44.7. The molecule has 5 N–H and O–H groups in total. The lowest BCUT2D eigenvalue weighted by atomic mass is 9.77. The van der Waals surface area contributed by atoms with E-state index in [-0.39, 0.29) is 24.9 Å². The molecule has 410 valence electrons. The van der Waals surface area contributed by atoms with Crippen molar-refractivity contribution in [2.45, 2.75) is 189 Å². The maximum atomic E-state index is 14.3. The lowest BCUT2D eigenvalue weighted by molar-refractivity contribution is -0.318. The maximum Gasteiger partial charge on any atom is 0.312 e. The van der Waals surface area contributed by atoms with Crippen LogP contribution in [0.4, 0.5) is 0 Å². The van der Waals surface area contributed by atoms with E-state index in [4.69, 9.17) is 33.2 Å². The summed E-state index contributed by atoms with van der Waals surface area (Å²) in [5, 5.41) is 68.1. The Balaban J connectivity index is 1.17. The highest BCUT2D eigenvalue weighted by molar-refractivity contribution is 14.1. The molecular formula is C53H83IN6O13. The van der Waals surface area contributed by atoms with Crippen molar-refractivity contribution in [3.63, 3.8) is 0 Å². The van der Waals surface area contributed by atoms with E-state index in [0.29, 0.717) is 39.1 Å². The summed E-state index contributed by atoms with van der Waals surface area (Å²) in [7, 11) is 5.28. The molecule has 2 aromatic heterocycles. The fourth-order valence-corrected chi connectivity index (χ4v) is 11.4. The number of carbonyl (C=O) groups excluding carboxylic acids is 1. The van der Waals surface area contributed by atoms with E-state index < -0.39 is 100 Å². The van der Waals surface area contributed by atoms with Crippen molar-refractivity contribution in [2.24, 2.45) is 17.8 Å². The Morgan fingerprint density at radius 3 is 2.33 bits per heavy atom. The van der Waals surface area contributed by atoms with Crippen molar-refractivity contribution < 1.29 is 63.5 Å². The number of rotatable bonds is 15. The van der Waals surface area contributed by atoms with Gasteiger partial charge < -0.3 is 68.5 Å². The number of esters is 1. The van der Waals surface area contributed by atoms with Crippen LogP contribution in [-0.4, -0.2) is 190 Å². The molecule has 19 nitrogen and oxygen atoms in total. The van der Waals surface area contributed by atoms with E-state index in [0.717, 1.165) is 29.0 Å². The summed E-state index contributed by atoms with van der Waals surface area (Å²) in [6, 6.07) is 10.9. The number of hydrogen-bond donors (Lipinski definition) is 5. The lowest BCUT2D eigenvalue weighted by Gasteiger charge is -2.49. The largest absolute Gasteiger partial charge is 0.494 e. The van der Waals surface area contributed by atoms with E-state index in [1.54, 1.807) is 40.8 Å². The van der Waals surface area contributed by atoms with Crippen LogP contribution in [0.5, 0.6) is 5.75 Å². The number of nitrogens with zero attached hydrogens (tertiary/aromatic N) is 6. The van der Waals surface area contributed by atoms with Crippen molar-refractivity contribution in [3.8, 4) is 16.9 Å². The molecule has 0 saturated carbocycles. The van der Waals surface area contributed by atoms with Crippen LogP contribution in [0.3, 0.4) is 0 Å². The quantitative estimate of drug-likeness (QED) is 0.0605. The number of cyclic esters (lactones) is 1. The number of carbonyl (C=O) groups is 1. The van der Waals surface area contributed by atoms with Gasteiger partial charge in [0.2, 0.25) is 0 Å². The van der Waals surface area contributed by atoms with E-state index in [2.05, 4.69) is 20.2 Å². The first kappa shape index (κ1) is 59.3. The lowest BCUT2D eigenvalue weighted by Crippen LogP contribution is -2.60. The Hall–Kier alpha value is -2.97. The third-order valence-electron chi connectivity index (χ3n) is 15.5. The summed E-state index contributed by atoms with van der Waals surface area (Å²) in [6.07, 6.45) is -1.31. The molecule has 3 aliphatic rings. The second-order valence-corrected chi connectivity index (χ2v) is 22.9. The number of aliphatic hydroxyl groups is 5. The number of pyridine rings is 1. The van der Waals surface area contributed by atoms with Crippen LogP contribution in [0.25, 0.3) is 11.1 Å². The molecule has 5 heterocycles. The van der Waals surface area contributed by atoms with E-state index >= 15 is 0 Å². The number of alkyl halides is 1. The molecule has 0 aliphatic carbocycles. The van der Waals surface area contributed by atoms with Gasteiger partial charge in [0, 0.05) is 82.6 Å². The highest BCUT2D eigenvalue weighted by Crippen LogP contribution is 2.40. The van der Waals surface area contributed by atoms with Crippen LogP contribution in [0.1, 0.15) is 93.7 Å².